The monoisotopic (exact) mass is 240 g/mol. The molecule has 0 amide bonds. The molecule has 3 N–H and O–H groups in total. The summed E-state index contributed by atoms with van der Waals surface area (Å²) in [7, 11) is 0. The number of hydrogen-bond donors (Lipinski definition) is 3. The van der Waals surface area contributed by atoms with Crippen molar-refractivity contribution in [2.45, 2.75) is 0 Å². The van der Waals surface area contributed by atoms with Gasteiger partial charge in [-0.15, -0.1) is 0 Å². The van der Waals surface area contributed by atoms with Crippen LogP contribution in [0.5, 0.6) is 0 Å². The number of halogens is 1. The quantitative estimate of drug-likeness (QED) is 0.682. The highest BCUT2D eigenvalue weighted by molar-refractivity contribution is 6.30. The molecular weight excluding hydrogens is 232 g/mol. The summed E-state index contributed by atoms with van der Waals surface area (Å²) >= 11 is 5.63. The van der Waals surface area contributed by atoms with Crippen molar-refractivity contribution in [2.75, 3.05) is 18.5 Å². The van der Waals surface area contributed by atoms with Crippen LogP contribution in [0.1, 0.15) is 10.4 Å². The molecule has 6 heteroatoms. The summed E-state index contributed by atoms with van der Waals surface area (Å²) in [6, 6.07) is 1.30. The molecule has 0 atom stereocenters. The second-order valence-corrected chi connectivity index (χ2v) is 3.16. The molecule has 84 valence electrons. The van der Waals surface area contributed by atoms with E-state index in [1.807, 2.05) is 0 Å². The lowest BCUT2D eigenvalue weighted by molar-refractivity contribution is 0.0697. The molecule has 0 spiro atoms. The number of carboxylic acids is 1. The molecule has 5 nitrogen and oxygen atoms in total. The second-order valence-electron chi connectivity index (χ2n) is 2.72. The Hall–Kier alpha value is -1.77. The van der Waals surface area contributed by atoms with Crippen molar-refractivity contribution in [3.05, 3.63) is 22.8 Å². The molecule has 1 aromatic heterocycles. The Kier molecular flexibility index (Phi) is 4.58. The Morgan fingerprint density at radius 3 is 2.94 bits per heavy atom. The number of aromatic nitrogens is 1. The van der Waals surface area contributed by atoms with Gasteiger partial charge in [-0.25, -0.2) is 9.78 Å². The maximum atomic E-state index is 10.8. The molecule has 0 aliphatic rings. The number of nitrogens with one attached hydrogen (secondary N) is 1. The van der Waals surface area contributed by atoms with Crippen molar-refractivity contribution in [1.29, 1.82) is 0 Å². The Labute approximate surface area is 97.1 Å². The van der Waals surface area contributed by atoms with Crippen LogP contribution in [0, 0.1) is 11.8 Å². The molecule has 0 radical (unpaired) electrons. The minimum atomic E-state index is -1.12. The van der Waals surface area contributed by atoms with Crippen LogP contribution >= 0.6 is 11.6 Å². The maximum absolute atomic E-state index is 10.8. The van der Waals surface area contributed by atoms with Gasteiger partial charge in [-0.2, -0.15) is 0 Å². The van der Waals surface area contributed by atoms with Gasteiger partial charge in [0.15, 0.2) is 0 Å². The first-order valence-corrected chi connectivity index (χ1v) is 4.72. The number of anilines is 1. The molecule has 0 aromatic carbocycles. The van der Waals surface area contributed by atoms with Crippen molar-refractivity contribution in [3.8, 4) is 11.8 Å². The summed E-state index contributed by atoms with van der Waals surface area (Å²) in [5.41, 5.74) is -0.0155. The lowest BCUT2D eigenvalue weighted by Gasteiger charge is -2.05. The van der Waals surface area contributed by atoms with Crippen LogP contribution in [-0.2, 0) is 0 Å². The lowest BCUT2D eigenvalue weighted by atomic mass is 10.2. The number of hydrogen-bond acceptors (Lipinski definition) is 4. The largest absolute Gasteiger partial charge is 0.478 e. The zero-order chi connectivity index (χ0) is 12.0. The molecule has 1 rings (SSSR count). The Balaban J connectivity index is 2.82. The summed E-state index contributed by atoms with van der Waals surface area (Å²) in [4.78, 5) is 14.7. The number of carboxylic acid groups (broad SMARTS) is 1. The number of carbonyl (C=O) groups is 1. The second kappa shape index (κ2) is 5.95. The van der Waals surface area contributed by atoms with Crippen LogP contribution in [0.4, 0.5) is 5.82 Å². The maximum Gasteiger partial charge on any atom is 0.339 e. The van der Waals surface area contributed by atoms with Gasteiger partial charge in [0.1, 0.15) is 18.0 Å². The molecule has 0 saturated carbocycles. The number of nitrogens with zero attached hydrogens (tertiary/aromatic N) is 1. The average molecular weight is 241 g/mol. The molecule has 0 aliphatic carbocycles. The minimum Gasteiger partial charge on any atom is -0.478 e. The Bertz CT molecular complexity index is 451. The molecule has 1 aromatic rings. The highest BCUT2D eigenvalue weighted by Crippen LogP contribution is 2.17. The van der Waals surface area contributed by atoms with Gasteiger partial charge in [0.25, 0.3) is 0 Å². The van der Waals surface area contributed by atoms with Gasteiger partial charge >= 0.3 is 5.97 Å². The first kappa shape index (κ1) is 12.3. The van der Waals surface area contributed by atoms with Crippen LogP contribution in [0.15, 0.2) is 12.3 Å². The van der Waals surface area contributed by atoms with Crippen molar-refractivity contribution in [2.24, 2.45) is 0 Å². The van der Waals surface area contributed by atoms with Gasteiger partial charge in [-0.05, 0) is 6.07 Å². The third kappa shape index (κ3) is 3.42. The van der Waals surface area contributed by atoms with E-state index in [0.717, 1.165) is 0 Å². The zero-order valence-electron chi connectivity index (χ0n) is 8.20. The number of aliphatic hydroxyl groups excluding tert-OH is 1. The fourth-order valence-corrected chi connectivity index (χ4v) is 1.15. The van der Waals surface area contributed by atoms with Gasteiger partial charge in [-0.1, -0.05) is 23.4 Å². The van der Waals surface area contributed by atoms with Crippen LogP contribution in [0.2, 0.25) is 5.02 Å². The van der Waals surface area contributed by atoms with Crippen molar-refractivity contribution in [3.63, 3.8) is 0 Å². The topological polar surface area (TPSA) is 82.5 Å². The Morgan fingerprint density at radius 2 is 2.31 bits per heavy atom. The van der Waals surface area contributed by atoms with E-state index in [4.69, 9.17) is 21.8 Å². The molecule has 0 unspecified atom stereocenters. The standard InChI is InChI=1S/C10H9ClN2O3/c11-7-5-8(10(15)16)9(13-6-7)12-3-1-2-4-14/h5-6,14H,3-4H2,(H,12,13)(H,15,16). The van der Waals surface area contributed by atoms with Crippen molar-refractivity contribution in [1.82, 2.24) is 4.98 Å². The normalized spacial score (nSPS) is 9.12. The molecule has 0 fully saturated rings. The highest BCUT2D eigenvalue weighted by atomic mass is 35.5. The van der Waals surface area contributed by atoms with E-state index in [9.17, 15) is 4.79 Å². The smallest absolute Gasteiger partial charge is 0.339 e. The van der Waals surface area contributed by atoms with Crippen LogP contribution in [0.3, 0.4) is 0 Å². The minimum absolute atomic E-state index is 0.0155. The summed E-state index contributed by atoms with van der Waals surface area (Å²) < 4.78 is 0. The summed E-state index contributed by atoms with van der Waals surface area (Å²) in [5, 5.41) is 20.3. The van der Waals surface area contributed by atoms with E-state index in [1.54, 1.807) is 0 Å². The fraction of sp³-hybridized carbons (Fsp3) is 0.200. The van der Waals surface area contributed by atoms with E-state index >= 15 is 0 Å². The number of rotatable bonds is 3. The predicted octanol–water partition coefficient (Wildman–Crippen LogP) is 0.841. The number of aliphatic hydroxyl groups is 1. The molecular formula is C10H9ClN2O3. The molecule has 0 aliphatic heterocycles. The highest BCUT2D eigenvalue weighted by Gasteiger charge is 2.11. The van der Waals surface area contributed by atoms with E-state index in [0.29, 0.717) is 0 Å². The van der Waals surface area contributed by atoms with Gasteiger partial charge in [0, 0.05) is 6.20 Å². The number of pyridine rings is 1. The van der Waals surface area contributed by atoms with Crippen LogP contribution in [0.25, 0.3) is 0 Å². The van der Waals surface area contributed by atoms with Gasteiger partial charge in [-0.3, -0.25) is 0 Å². The Morgan fingerprint density at radius 1 is 1.56 bits per heavy atom. The number of aromatic carboxylic acids is 1. The third-order valence-electron chi connectivity index (χ3n) is 1.63. The summed E-state index contributed by atoms with van der Waals surface area (Å²) in [6.07, 6.45) is 1.34. The van der Waals surface area contributed by atoms with Crippen LogP contribution < -0.4 is 5.32 Å². The first-order valence-electron chi connectivity index (χ1n) is 4.34. The summed E-state index contributed by atoms with van der Waals surface area (Å²) in [5.74, 6) is 4.09. The van der Waals surface area contributed by atoms with Crippen molar-refractivity contribution < 1.29 is 15.0 Å². The summed E-state index contributed by atoms with van der Waals surface area (Å²) in [6.45, 7) is -0.0308. The van der Waals surface area contributed by atoms with E-state index in [-0.39, 0.29) is 29.6 Å². The van der Waals surface area contributed by atoms with Crippen molar-refractivity contribution >= 4 is 23.4 Å². The van der Waals surface area contributed by atoms with Crippen LogP contribution in [-0.4, -0.2) is 34.3 Å². The van der Waals surface area contributed by atoms with E-state index < -0.39 is 5.97 Å². The third-order valence-corrected chi connectivity index (χ3v) is 1.84. The fourth-order valence-electron chi connectivity index (χ4n) is 0.989. The molecule has 16 heavy (non-hydrogen) atoms. The molecule has 0 saturated heterocycles. The van der Waals surface area contributed by atoms with E-state index in [1.165, 1.54) is 12.3 Å². The van der Waals surface area contributed by atoms with Gasteiger partial charge in [0.05, 0.1) is 11.6 Å². The van der Waals surface area contributed by atoms with E-state index in [2.05, 4.69) is 22.1 Å². The van der Waals surface area contributed by atoms with Gasteiger partial charge in [0.2, 0.25) is 0 Å². The zero-order valence-corrected chi connectivity index (χ0v) is 8.95. The predicted molar refractivity (Wildman–Crippen MR) is 59.6 cm³/mol. The average Bonchev–Trinajstić information content (AvgIpc) is 2.26. The molecule has 1 heterocycles. The lowest BCUT2D eigenvalue weighted by Crippen LogP contribution is -2.08. The first-order chi connectivity index (χ1) is 7.65. The molecule has 0 bridgehead atoms. The van der Waals surface area contributed by atoms with Gasteiger partial charge < -0.3 is 15.5 Å². The SMILES string of the molecule is O=C(O)c1cc(Cl)cnc1NCC#CCO.